The molecule has 0 amide bonds. The van der Waals surface area contributed by atoms with E-state index in [1.165, 1.54) is 0 Å². The summed E-state index contributed by atoms with van der Waals surface area (Å²) < 4.78 is 10.6. The summed E-state index contributed by atoms with van der Waals surface area (Å²) in [6, 6.07) is 0. The van der Waals surface area contributed by atoms with Gasteiger partial charge < -0.3 is 0 Å². The number of allylic oxidation sites excluding steroid dienone is 1. The van der Waals surface area contributed by atoms with Gasteiger partial charge in [-0.2, -0.15) is 0 Å². The zero-order chi connectivity index (χ0) is 5.28. The van der Waals surface area contributed by atoms with Gasteiger partial charge in [-0.25, -0.2) is 0 Å². The summed E-state index contributed by atoms with van der Waals surface area (Å²) in [4.78, 5) is 0.931. The summed E-state index contributed by atoms with van der Waals surface area (Å²) in [5.41, 5.74) is 0. The number of hydrogen-bond acceptors (Lipinski definition) is 1. The Balaban J connectivity index is 2.65. The van der Waals surface area contributed by atoms with E-state index in [1.807, 2.05) is 0 Å². The molecule has 0 N–H and O–H groups in total. The van der Waals surface area contributed by atoms with E-state index in [-0.39, 0.29) is 0 Å². The third kappa shape index (κ3) is 0.911. The molecule has 1 aliphatic rings. The van der Waals surface area contributed by atoms with E-state index in [9.17, 15) is 4.21 Å². The first kappa shape index (κ1) is 5.04. The minimum atomic E-state index is -0.662. The molecule has 1 rings (SSSR count). The predicted octanol–water partition coefficient (Wildman–Crippen LogP) is 1.04. The van der Waals surface area contributed by atoms with Gasteiger partial charge in [0.15, 0.2) is 0 Å². The fraction of sp³-hybridized carbons (Fsp3) is 0.600. The van der Waals surface area contributed by atoms with E-state index < -0.39 is 10.8 Å². The van der Waals surface area contributed by atoms with Crippen molar-refractivity contribution in [3.05, 3.63) is 11.5 Å². The van der Waals surface area contributed by atoms with Crippen molar-refractivity contribution in [1.82, 2.24) is 0 Å². The molecule has 1 heterocycles. The first-order valence-electron chi connectivity index (χ1n) is 2.37. The van der Waals surface area contributed by atoms with Gasteiger partial charge in [0, 0.05) is 21.5 Å². The van der Waals surface area contributed by atoms with Crippen LogP contribution in [-0.4, -0.2) is 9.96 Å². The minimum absolute atomic E-state index is 0.662. The van der Waals surface area contributed by atoms with E-state index in [1.54, 1.807) is 0 Å². The van der Waals surface area contributed by atoms with Gasteiger partial charge in [0.25, 0.3) is 0 Å². The Kier molecular flexibility index (Phi) is 1.28. The Bertz CT molecular complexity index is 103. The lowest BCUT2D eigenvalue weighted by molar-refractivity contribution is 0.689. The van der Waals surface area contributed by atoms with E-state index in [0.29, 0.717) is 0 Å². The molecule has 1 unspecified atom stereocenters. The second kappa shape index (κ2) is 1.78. The molecule has 1 fully saturated rings. The second-order valence-corrected chi connectivity index (χ2v) is 3.37. The van der Waals surface area contributed by atoms with Crippen molar-refractivity contribution in [2.75, 3.05) is 5.75 Å². The summed E-state index contributed by atoms with van der Waals surface area (Å²) in [5.74, 6) is 0.846. The molecule has 0 bridgehead atoms. The Morgan fingerprint density at radius 3 is 2.57 bits per heavy atom. The van der Waals surface area contributed by atoms with E-state index in [4.69, 9.17) is 0 Å². The fourth-order valence-electron chi connectivity index (χ4n) is 0.659. The lowest BCUT2D eigenvalue weighted by atomic mass is 10.3. The zero-order valence-corrected chi connectivity index (χ0v) is 4.96. The quantitative estimate of drug-likeness (QED) is 0.462. The van der Waals surface area contributed by atoms with Gasteiger partial charge in [0.2, 0.25) is 0 Å². The molecule has 0 radical (unpaired) electrons. The SMILES string of the molecule is C=C1CCCS1=O. The maximum atomic E-state index is 10.6. The van der Waals surface area contributed by atoms with Crippen LogP contribution < -0.4 is 0 Å². The topological polar surface area (TPSA) is 17.1 Å². The van der Waals surface area contributed by atoms with Crippen LogP contribution in [-0.2, 0) is 10.8 Å². The maximum Gasteiger partial charge on any atom is 0.0482 e. The molecule has 0 aromatic rings. The summed E-state index contributed by atoms with van der Waals surface area (Å²) in [7, 11) is -0.662. The van der Waals surface area contributed by atoms with Gasteiger partial charge in [-0.15, -0.1) is 0 Å². The molecule has 2 heteroatoms. The van der Waals surface area contributed by atoms with Crippen LogP contribution in [0, 0.1) is 0 Å². The number of rotatable bonds is 0. The van der Waals surface area contributed by atoms with Crippen molar-refractivity contribution < 1.29 is 4.21 Å². The minimum Gasteiger partial charge on any atom is -0.255 e. The highest BCUT2D eigenvalue weighted by Crippen LogP contribution is 2.16. The van der Waals surface area contributed by atoms with E-state index >= 15 is 0 Å². The summed E-state index contributed by atoms with van der Waals surface area (Å²) >= 11 is 0. The van der Waals surface area contributed by atoms with E-state index in [0.717, 1.165) is 23.5 Å². The molecule has 1 nitrogen and oxygen atoms in total. The Morgan fingerprint density at radius 1 is 1.71 bits per heavy atom. The average Bonchev–Trinajstić information content (AvgIpc) is 1.91. The standard InChI is InChI=1S/C5H8OS/c1-5-3-2-4-7(5)6/h1-4H2. The van der Waals surface area contributed by atoms with Crippen LogP contribution in [0.15, 0.2) is 11.5 Å². The van der Waals surface area contributed by atoms with Crippen LogP contribution in [0.25, 0.3) is 0 Å². The third-order valence-electron chi connectivity index (χ3n) is 1.11. The van der Waals surface area contributed by atoms with Crippen LogP contribution in [0.4, 0.5) is 0 Å². The predicted molar refractivity (Wildman–Crippen MR) is 31.4 cm³/mol. The molecule has 0 saturated carbocycles. The third-order valence-corrected chi connectivity index (χ3v) is 2.61. The molecule has 0 aromatic heterocycles. The highest BCUT2D eigenvalue weighted by Gasteiger charge is 2.11. The van der Waals surface area contributed by atoms with Crippen LogP contribution in [0.1, 0.15) is 12.8 Å². The van der Waals surface area contributed by atoms with Gasteiger partial charge in [-0.3, -0.25) is 4.21 Å². The Hall–Kier alpha value is -0.110. The largest absolute Gasteiger partial charge is 0.255 e. The smallest absolute Gasteiger partial charge is 0.0482 e. The lowest BCUT2D eigenvalue weighted by Gasteiger charge is -1.82. The van der Waals surface area contributed by atoms with E-state index in [2.05, 4.69) is 6.58 Å². The molecule has 1 saturated heterocycles. The Labute approximate surface area is 45.9 Å². The van der Waals surface area contributed by atoms with Gasteiger partial charge in [0.05, 0.1) is 0 Å². The Morgan fingerprint density at radius 2 is 2.43 bits per heavy atom. The second-order valence-electron chi connectivity index (χ2n) is 1.69. The average molecular weight is 116 g/mol. The first-order chi connectivity index (χ1) is 3.30. The van der Waals surface area contributed by atoms with Gasteiger partial charge in [0.1, 0.15) is 0 Å². The first-order valence-corrected chi connectivity index (χ1v) is 3.69. The van der Waals surface area contributed by atoms with Crippen LogP contribution in [0.2, 0.25) is 0 Å². The molecule has 0 aliphatic carbocycles. The van der Waals surface area contributed by atoms with Gasteiger partial charge >= 0.3 is 0 Å². The van der Waals surface area contributed by atoms with Crippen molar-refractivity contribution in [2.45, 2.75) is 12.8 Å². The van der Waals surface area contributed by atoms with Crippen molar-refractivity contribution in [3.8, 4) is 0 Å². The fourth-order valence-corrected chi connectivity index (χ4v) is 1.73. The number of hydrogen-bond donors (Lipinski definition) is 0. The molecule has 40 valence electrons. The molecule has 7 heavy (non-hydrogen) atoms. The molecule has 0 aromatic carbocycles. The molecule has 0 spiro atoms. The maximum absolute atomic E-state index is 10.6. The van der Waals surface area contributed by atoms with Crippen molar-refractivity contribution in [2.24, 2.45) is 0 Å². The van der Waals surface area contributed by atoms with Gasteiger partial charge in [-0.05, 0) is 12.8 Å². The molecule has 1 aliphatic heterocycles. The van der Waals surface area contributed by atoms with Crippen molar-refractivity contribution in [3.63, 3.8) is 0 Å². The normalized spacial score (nSPS) is 31.4. The molecular weight excluding hydrogens is 108 g/mol. The highest BCUT2D eigenvalue weighted by atomic mass is 32.2. The van der Waals surface area contributed by atoms with Crippen LogP contribution in [0.5, 0.6) is 0 Å². The highest BCUT2D eigenvalue weighted by molar-refractivity contribution is 7.89. The summed E-state index contributed by atoms with van der Waals surface area (Å²) in [6.45, 7) is 3.64. The summed E-state index contributed by atoms with van der Waals surface area (Å²) in [6.07, 6.45) is 2.05. The molecule has 1 atom stereocenters. The monoisotopic (exact) mass is 116 g/mol. The zero-order valence-electron chi connectivity index (χ0n) is 4.14. The van der Waals surface area contributed by atoms with Gasteiger partial charge in [-0.1, -0.05) is 6.58 Å². The molecular formula is C5H8OS. The van der Waals surface area contributed by atoms with Crippen LogP contribution >= 0.6 is 0 Å². The van der Waals surface area contributed by atoms with Crippen LogP contribution in [0.3, 0.4) is 0 Å². The summed E-state index contributed by atoms with van der Waals surface area (Å²) in [5, 5.41) is 0. The van der Waals surface area contributed by atoms with Crippen molar-refractivity contribution in [1.29, 1.82) is 0 Å². The van der Waals surface area contributed by atoms with Crippen molar-refractivity contribution >= 4 is 10.8 Å². The lowest BCUT2D eigenvalue weighted by Crippen LogP contribution is -1.83.